The van der Waals surface area contributed by atoms with E-state index >= 15 is 0 Å². The van der Waals surface area contributed by atoms with Crippen LogP contribution in [-0.4, -0.2) is 15.1 Å². The first-order chi connectivity index (χ1) is 9.63. The zero-order valence-electron chi connectivity index (χ0n) is 10.6. The molecule has 0 bridgehead atoms. The molecule has 2 N–H and O–H groups in total. The Labute approximate surface area is 124 Å². The second-order valence-electron chi connectivity index (χ2n) is 4.29. The second kappa shape index (κ2) is 5.32. The van der Waals surface area contributed by atoms with Gasteiger partial charge in [0.2, 0.25) is 5.82 Å². The summed E-state index contributed by atoms with van der Waals surface area (Å²) in [6.07, 6.45) is 0. The van der Waals surface area contributed by atoms with Crippen molar-refractivity contribution in [3.05, 3.63) is 39.7 Å². The van der Waals surface area contributed by atoms with Gasteiger partial charge in [-0.05, 0) is 19.1 Å². The Hall–Kier alpha value is -1.76. The number of hydrogen-bond donors (Lipinski definition) is 1. The smallest absolute Gasteiger partial charge is 0.277 e. The average Bonchev–Trinajstić information content (AvgIpc) is 3.08. The highest BCUT2D eigenvalue weighted by atomic mass is 35.5. The number of nitrogens with two attached hydrogens (primary N) is 1. The summed E-state index contributed by atoms with van der Waals surface area (Å²) in [5.41, 5.74) is 7.23. The van der Waals surface area contributed by atoms with Gasteiger partial charge >= 0.3 is 0 Å². The van der Waals surface area contributed by atoms with Gasteiger partial charge in [0.15, 0.2) is 0 Å². The van der Waals surface area contributed by atoms with E-state index in [0.29, 0.717) is 22.4 Å². The summed E-state index contributed by atoms with van der Waals surface area (Å²) in [6, 6.07) is 7.18. The van der Waals surface area contributed by atoms with Crippen LogP contribution in [0, 0.1) is 0 Å². The van der Waals surface area contributed by atoms with Crippen LogP contribution < -0.4 is 5.73 Å². The highest BCUT2D eigenvalue weighted by molar-refractivity contribution is 7.10. The number of benzene rings is 1. The van der Waals surface area contributed by atoms with Crippen LogP contribution in [0.15, 0.2) is 34.2 Å². The van der Waals surface area contributed by atoms with E-state index in [-0.39, 0.29) is 6.04 Å². The van der Waals surface area contributed by atoms with Gasteiger partial charge in [-0.15, -0.1) is 11.3 Å². The molecule has 102 valence electrons. The molecular formula is C13H11ClN4OS. The van der Waals surface area contributed by atoms with Crippen molar-refractivity contribution in [3.8, 4) is 23.0 Å². The van der Waals surface area contributed by atoms with Gasteiger partial charge in [0, 0.05) is 16.0 Å². The van der Waals surface area contributed by atoms with Crippen LogP contribution in [0.1, 0.15) is 18.0 Å². The van der Waals surface area contributed by atoms with Gasteiger partial charge in [-0.2, -0.15) is 4.98 Å². The van der Waals surface area contributed by atoms with Crippen molar-refractivity contribution in [2.75, 3.05) is 0 Å². The maximum absolute atomic E-state index is 5.95. The summed E-state index contributed by atoms with van der Waals surface area (Å²) in [5, 5.41) is 7.26. The molecule has 3 rings (SSSR count). The van der Waals surface area contributed by atoms with Gasteiger partial charge < -0.3 is 10.3 Å². The van der Waals surface area contributed by atoms with Crippen molar-refractivity contribution in [2.24, 2.45) is 5.73 Å². The number of rotatable bonds is 3. The Morgan fingerprint density at radius 2 is 2.20 bits per heavy atom. The Kier molecular flexibility index (Phi) is 3.52. The predicted octanol–water partition coefficient (Wildman–Crippen LogP) is 3.53. The lowest BCUT2D eigenvalue weighted by Crippen LogP contribution is -2.03. The molecule has 1 aromatic carbocycles. The number of hydrogen-bond acceptors (Lipinski definition) is 6. The second-order valence-corrected chi connectivity index (χ2v) is 5.62. The van der Waals surface area contributed by atoms with Gasteiger partial charge in [0.25, 0.3) is 5.89 Å². The zero-order chi connectivity index (χ0) is 14.1. The molecule has 0 aliphatic rings. The molecule has 0 amide bonds. The quantitative estimate of drug-likeness (QED) is 0.801. The van der Waals surface area contributed by atoms with Crippen molar-refractivity contribution >= 4 is 22.9 Å². The molecule has 0 fully saturated rings. The number of thiazole rings is 1. The van der Waals surface area contributed by atoms with E-state index in [4.69, 9.17) is 21.9 Å². The minimum absolute atomic E-state index is 0.107. The first-order valence-corrected chi connectivity index (χ1v) is 7.20. The van der Waals surface area contributed by atoms with Crippen LogP contribution >= 0.6 is 22.9 Å². The largest absolute Gasteiger partial charge is 0.332 e. The van der Waals surface area contributed by atoms with Crippen molar-refractivity contribution < 1.29 is 4.52 Å². The van der Waals surface area contributed by atoms with E-state index in [1.54, 1.807) is 12.1 Å². The minimum Gasteiger partial charge on any atom is -0.332 e. The van der Waals surface area contributed by atoms with Gasteiger partial charge in [-0.3, -0.25) is 0 Å². The van der Waals surface area contributed by atoms with E-state index < -0.39 is 0 Å². The molecule has 0 saturated carbocycles. The number of halogens is 1. The summed E-state index contributed by atoms with van der Waals surface area (Å²) >= 11 is 7.42. The van der Waals surface area contributed by atoms with Gasteiger partial charge in [-0.1, -0.05) is 28.9 Å². The highest BCUT2D eigenvalue weighted by Crippen LogP contribution is 2.26. The Bertz CT molecular complexity index is 737. The molecular weight excluding hydrogens is 296 g/mol. The fourth-order valence-corrected chi connectivity index (χ4v) is 2.61. The standard InChI is InChI=1S/C13H11ClN4OS/c1-7(15)13-16-10(6-20-13)12-17-11(18-19-12)8-3-2-4-9(14)5-8/h2-7H,15H2,1H3. The molecule has 5 nitrogen and oxygen atoms in total. The predicted molar refractivity (Wildman–Crippen MR) is 78.5 cm³/mol. The lowest BCUT2D eigenvalue weighted by Gasteiger charge is -1.95. The summed E-state index contributed by atoms with van der Waals surface area (Å²) in [4.78, 5) is 8.71. The van der Waals surface area contributed by atoms with Gasteiger partial charge in [0.1, 0.15) is 10.7 Å². The Morgan fingerprint density at radius 3 is 2.90 bits per heavy atom. The third kappa shape index (κ3) is 2.58. The van der Waals surface area contributed by atoms with Crippen LogP contribution in [-0.2, 0) is 0 Å². The molecule has 2 aromatic heterocycles. The summed E-state index contributed by atoms with van der Waals surface area (Å²) in [7, 11) is 0. The maximum Gasteiger partial charge on any atom is 0.277 e. The van der Waals surface area contributed by atoms with E-state index in [2.05, 4.69) is 15.1 Å². The van der Waals surface area contributed by atoms with E-state index in [1.165, 1.54) is 11.3 Å². The molecule has 7 heteroatoms. The molecule has 0 radical (unpaired) electrons. The minimum atomic E-state index is -0.107. The zero-order valence-corrected chi connectivity index (χ0v) is 12.1. The molecule has 3 aromatic rings. The molecule has 1 unspecified atom stereocenters. The van der Waals surface area contributed by atoms with Crippen molar-refractivity contribution in [1.29, 1.82) is 0 Å². The number of nitrogens with zero attached hydrogens (tertiary/aromatic N) is 3. The monoisotopic (exact) mass is 306 g/mol. The molecule has 0 spiro atoms. The Morgan fingerprint density at radius 1 is 1.35 bits per heavy atom. The van der Waals surface area contributed by atoms with Crippen LogP contribution in [0.3, 0.4) is 0 Å². The number of aromatic nitrogens is 3. The first kappa shape index (κ1) is 13.2. The molecule has 2 heterocycles. The Balaban J connectivity index is 1.93. The lowest BCUT2D eigenvalue weighted by atomic mass is 10.2. The maximum atomic E-state index is 5.95. The molecule has 20 heavy (non-hydrogen) atoms. The van der Waals surface area contributed by atoms with E-state index in [9.17, 15) is 0 Å². The fourth-order valence-electron chi connectivity index (χ4n) is 1.67. The SMILES string of the molecule is CC(N)c1nc(-c2nc(-c3cccc(Cl)c3)no2)cs1. The summed E-state index contributed by atoms with van der Waals surface area (Å²) < 4.78 is 5.24. The third-order valence-corrected chi connectivity index (χ3v) is 3.92. The van der Waals surface area contributed by atoms with Gasteiger partial charge in [-0.25, -0.2) is 4.98 Å². The topological polar surface area (TPSA) is 77.8 Å². The van der Waals surface area contributed by atoms with Crippen molar-refractivity contribution in [3.63, 3.8) is 0 Å². The van der Waals surface area contributed by atoms with E-state index in [1.807, 2.05) is 24.4 Å². The molecule has 0 aliphatic heterocycles. The van der Waals surface area contributed by atoms with Gasteiger partial charge in [0.05, 0.1) is 6.04 Å². The van der Waals surface area contributed by atoms with Crippen LogP contribution in [0.4, 0.5) is 0 Å². The fraction of sp³-hybridized carbons (Fsp3) is 0.154. The normalized spacial score (nSPS) is 12.6. The average molecular weight is 307 g/mol. The molecule has 1 atom stereocenters. The summed E-state index contributed by atoms with van der Waals surface area (Å²) in [5.74, 6) is 0.862. The first-order valence-electron chi connectivity index (χ1n) is 5.94. The summed E-state index contributed by atoms with van der Waals surface area (Å²) in [6.45, 7) is 1.88. The van der Waals surface area contributed by atoms with E-state index in [0.717, 1.165) is 10.6 Å². The lowest BCUT2D eigenvalue weighted by molar-refractivity contribution is 0.431. The van der Waals surface area contributed by atoms with Crippen LogP contribution in [0.5, 0.6) is 0 Å². The van der Waals surface area contributed by atoms with Crippen molar-refractivity contribution in [2.45, 2.75) is 13.0 Å². The van der Waals surface area contributed by atoms with Crippen LogP contribution in [0.25, 0.3) is 23.0 Å². The third-order valence-electron chi connectivity index (χ3n) is 2.64. The molecule has 0 aliphatic carbocycles. The highest BCUT2D eigenvalue weighted by Gasteiger charge is 2.15. The van der Waals surface area contributed by atoms with Crippen LogP contribution in [0.2, 0.25) is 5.02 Å². The molecule has 0 saturated heterocycles. The van der Waals surface area contributed by atoms with Crippen molar-refractivity contribution in [1.82, 2.24) is 15.1 Å².